The molecule has 0 saturated heterocycles. The number of nitrogens with zero attached hydrogens (tertiary/aromatic N) is 2. The number of ether oxygens (including phenoxy) is 2. The van der Waals surface area contributed by atoms with Crippen LogP contribution in [0.4, 0.5) is 11.4 Å². The molecule has 1 aliphatic carbocycles. The third-order valence-corrected chi connectivity index (χ3v) is 12.3. The van der Waals surface area contributed by atoms with Crippen LogP contribution in [0.1, 0.15) is 98.8 Å². The topological polar surface area (TPSA) is 62.2 Å². The van der Waals surface area contributed by atoms with E-state index < -0.39 is 0 Å². The second kappa shape index (κ2) is 20.9. The van der Waals surface area contributed by atoms with Crippen molar-refractivity contribution in [1.29, 1.82) is 0 Å². The Bertz CT molecular complexity index is 2440. The Kier molecular flexibility index (Phi) is 14.7. The van der Waals surface area contributed by atoms with Crippen LogP contribution in [-0.2, 0) is 5.41 Å². The number of rotatable bonds is 20. The van der Waals surface area contributed by atoms with Gasteiger partial charge in [0.2, 0.25) is 0 Å². The van der Waals surface area contributed by atoms with Crippen LogP contribution in [0, 0.1) is 11.8 Å². The van der Waals surface area contributed by atoms with Gasteiger partial charge in [-0.25, -0.2) is 0 Å². The van der Waals surface area contributed by atoms with E-state index >= 15 is 0 Å². The molecule has 0 unspecified atom stereocenters. The van der Waals surface area contributed by atoms with E-state index in [9.17, 15) is 9.90 Å². The summed E-state index contributed by atoms with van der Waals surface area (Å²) >= 11 is 0. The van der Waals surface area contributed by atoms with Gasteiger partial charge in [0.05, 0.1) is 13.1 Å². The first-order valence-corrected chi connectivity index (χ1v) is 22.5. The molecule has 1 N–H and O–H groups in total. The highest BCUT2D eigenvalue weighted by molar-refractivity contribution is 5.85. The monoisotopic (exact) mass is 824 g/mol. The number of anilines is 2. The van der Waals surface area contributed by atoms with Gasteiger partial charge in [-0.2, -0.15) is 0 Å². The molecule has 6 heteroatoms. The van der Waals surface area contributed by atoms with E-state index in [0.29, 0.717) is 18.8 Å². The van der Waals surface area contributed by atoms with Gasteiger partial charge in [0.1, 0.15) is 36.7 Å². The van der Waals surface area contributed by atoms with Crippen LogP contribution in [0.15, 0.2) is 133 Å². The molecule has 0 fully saturated rings. The molecule has 7 rings (SSSR count). The number of carbonyl (C=O) groups is 1. The average molecular weight is 825 g/mol. The third-order valence-electron chi connectivity index (χ3n) is 12.3. The lowest BCUT2D eigenvalue weighted by Gasteiger charge is -2.33. The molecule has 1 aliphatic rings. The molecular weight excluding hydrogens is 765 g/mol. The van der Waals surface area contributed by atoms with E-state index in [4.69, 9.17) is 9.47 Å². The van der Waals surface area contributed by atoms with Gasteiger partial charge < -0.3 is 24.4 Å². The summed E-state index contributed by atoms with van der Waals surface area (Å²) in [6, 6.07) is 45.7. The maximum Gasteiger partial charge on any atom is 0.150 e. The molecule has 6 nitrogen and oxygen atoms in total. The SMILES string of the molecule is CCCCC1(CCCC)c2cc(C#Cc3ccc(N(CC)CCOc4ccc(C=O)cc4)cc3)ccc2-c2ccc(-c3ccc(N(CC)CCOc4ccc(O)cc4)cc3)cc21. The van der Waals surface area contributed by atoms with E-state index in [1.165, 1.54) is 51.9 Å². The minimum Gasteiger partial charge on any atom is -0.508 e. The van der Waals surface area contributed by atoms with Gasteiger partial charge in [0.15, 0.2) is 0 Å². The maximum absolute atomic E-state index is 11.0. The number of phenolic OH excluding ortho intramolecular Hbond substituents is 1. The quantitative estimate of drug-likeness (QED) is 0.0611. The van der Waals surface area contributed by atoms with Crippen molar-refractivity contribution in [1.82, 2.24) is 0 Å². The van der Waals surface area contributed by atoms with E-state index in [1.807, 2.05) is 12.1 Å². The summed E-state index contributed by atoms with van der Waals surface area (Å²) in [5.41, 5.74) is 13.0. The Labute approximate surface area is 369 Å². The number of phenols is 1. The Balaban J connectivity index is 1.08. The highest BCUT2D eigenvalue weighted by atomic mass is 16.5. The van der Waals surface area contributed by atoms with Crippen molar-refractivity contribution >= 4 is 17.7 Å². The zero-order valence-electron chi connectivity index (χ0n) is 36.8. The summed E-state index contributed by atoms with van der Waals surface area (Å²) in [7, 11) is 0. The maximum atomic E-state index is 11.0. The summed E-state index contributed by atoms with van der Waals surface area (Å²) in [4.78, 5) is 15.6. The summed E-state index contributed by atoms with van der Waals surface area (Å²) in [5.74, 6) is 8.78. The lowest BCUT2D eigenvalue weighted by Crippen LogP contribution is -2.28. The second-order valence-electron chi connectivity index (χ2n) is 16.2. The van der Waals surface area contributed by atoms with Crippen LogP contribution in [0.5, 0.6) is 17.2 Å². The largest absolute Gasteiger partial charge is 0.508 e. The van der Waals surface area contributed by atoms with Crippen LogP contribution in [0.3, 0.4) is 0 Å². The highest BCUT2D eigenvalue weighted by Gasteiger charge is 2.42. The number of benzene rings is 6. The van der Waals surface area contributed by atoms with Crippen LogP contribution >= 0.6 is 0 Å². The van der Waals surface area contributed by atoms with Crippen molar-refractivity contribution in [3.63, 3.8) is 0 Å². The van der Waals surface area contributed by atoms with Crippen molar-refractivity contribution < 1.29 is 19.4 Å². The van der Waals surface area contributed by atoms with E-state index in [0.717, 1.165) is 86.5 Å². The zero-order chi connectivity index (χ0) is 43.3. The van der Waals surface area contributed by atoms with Crippen LogP contribution in [-0.4, -0.2) is 50.8 Å². The molecule has 0 amide bonds. The number of unbranched alkanes of at least 4 members (excludes halogenated alkanes) is 2. The number of aldehydes is 1. The fourth-order valence-corrected chi connectivity index (χ4v) is 8.81. The third kappa shape index (κ3) is 10.2. The molecule has 0 radical (unpaired) electrons. The molecule has 0 aliphatic heterocycles. The number of hydrogen-bond acceptors (Lipinski definition) is 6. The molecule has 318 valence electrons. The Morgan fingerprint density at radius 3 is 1.60 bits per heavy atom. The van der Waals surface area contributed by atoms with E-state index in [-0.39, 0.29) is 11.2 Å². The highest BCUT2D eigenvalue weighted by Crippen LogP contribution is 2.55. The lowest BCUT2D eigenvalue weighted by molar-refractivity contribution is 0.112. The first-order valence-electron chi connectivity index (χ1n) is 22.5. The predicted molar refractivity (Wildman–Crippen MR) is 256 cm³/mol. The standard InChI is InChI=1S/C56H60N2O4/c1-5-9-33-56(34-10-6-2)54-39-43(12-11-42-13-21-47(22-14-42)57(7-3)35-37-61-50-27-15-44(41-59)16-28-50)17-31-52(54)53-32-20-46(40-55(53)56)45-18-23-48(24-19-45)58(8-4)36-38-62-51-29-25-49(60)26-30-51/h13-32,39-41,60H,5-10,33-38H2,1-4H3. The average Bonchev–Trinajstić information content (AvgIpc) is 3.58. The fraction of sp³-hybridized carbons (Fsp3) is 0.304. The van der Waals surface area contributed by atoms with Gasteiger partial charge in [0, 0.05) is 46.6 Å². The summed E-state index contributed by atoms with van der Waals surface area (Å²) < 4.78 is 11.9. The lowest BCUT2D eigenvalue weighted by atomic mass is 9.70. The molecule has 62 heavy (non-hydrogen) atoms. The normalized spacial score (nSPS) is 12.1. The number of hydrogen-bond donors (Lipinski definition) is 1. The Hall–Kier alpha value is -6.45. The smallest absolute Gasteiger partial charge is 0.150 e. The summed E-state index contributed by atoms with van der Waals surface area (Å²) in [6.07, 6.45) is 7.73. The molecule has 0 spiro atoms. The molecule has 0 bridgehead atoms. The first kappa shape index (κ1) is 43.6. The van der Waals surface area contributed by atoms with Crippen molar-refractivity contribution in [3.8, 4) is 51.3 Å². The van der Waals surface area contributed by atoms with Gasteiger partial charge in [-0.05, 0) is 163 Å². The number of fused-ring (bicyclic) bond motifs is 3. The Morgan fingerprint density at radius 1 is 0.565 bits per heavy atom. The summed E-state index contributed by atoms with van der Waals surface area (Å²) in [6.45, 7) is 13.3. The van der Waals surface area contributed by atoms with Crippen molar-refractivity contribution in [3.05, 3.63) is 161 Å². The fourth-order valence-electron chi connectivity index (χ4n) is 8.81. The van der Waals surface area contributed by atoms with Crippen molar-refractivity contribution in [2.75, 3.05) is 49.2 Å². The van der Waals surface area contributed by atoms with Gasteiger partial charge in [-0.15, -0.1) is 0 Å². The van der Waals surface area contributed by atoms with Gasteiger partial charge >= 0.3 is 0 Å². The Morgan fingerprint density at radius 2 is 1.05 bits per heavy atom. The van der Waals surface area contributed by atoms with Crippen LogP contribution in [0.25, 0.3) is 22.3 Å². The minimum absolute atomic E-state index is 0.0607. The van der Waals surface area contributed by atoms with Crippen LogP contribution in [0.2, 0.25) is 0 Å². The first-order chi connectivity index (χ1) is 30.4. The van der Waals surface area contributed by atoms with E-state index in [2.05, 4.69) is 134 Å². The molecular formula is C56H60N2O4. The summed E-state index contributed by atoms with van der Waals surface area (Å²) in [5, 5.41) is 9.59. The number of carbonyl (C=O) groups excluding carboxylic acids is 1. The molecule has 0 heterocycles. The van der Waals surface area contributed by atoms with Gasteiger partial charge in [-0.3, -0.25) is 4.79 Å². The number of likely N-dealkylation sites (N-methyl/N-ethyl adjacent to an activating group) is 2. The van der Waals surface area contributed by atoms with Crippen LogP contribution < -0.4 is 19.3 Å². The number of aromatic hydroxyl groups is 1. The molecule has 6 aromatic carbocycles. The molecule has 6 aromatic rings. The zero-order valence-corrected chi connectivity index (χ0v) is 36.8. The van der Waals surface area contributed by atoms with Crippen molar-refractivity contribution in [2.45, 2.75) is 71.6 Å². The van der Waals surface area contributed by atoms with Crippen molar-refractivity contribution in [2.24, 2.45) is 0 Å². The van der Waals surface area contributed by atoms with E-state index in [1.54, 1.807) is 36.4 Å². The molecule has 0 saturated carbocycles. The molecule has 0 aromatic heterocycles. The minimum atomic E-state index is -0.0607. The molecule has 0 atom stereocenters. The van der Waals surface area contributed by atoms with Gasteiger partial charge in [-0.1, -0.05) is 81.7 Å². The predicted octanol–water partition coefficient (Wildman–Crippen LogP) is 12.7. The van der Waals surface area contributed by atoms with Gasteiger partial charge in [0.25, 0.3) is 0 Å². The second-order valence-corrected chi connectivity index (χ2v) is 16.2.